The number of pyridine rings is 2. The van der Waals surface area contributed by atoms with E-state index in [1.54, 1.807) is 6.20 Å². The fourth-order valence-corrected chi connectivity index (χ4v) is 3.33. The molecule has 1 atom stereocenters. The number of anilines is 3. The molecule has 0 bridgehead atoms. The topological polar surface area (TPSA) is 119 Å². The van der Waals surface area contributed by atoms with Crippen molar-refractivity contribution in [3.8, 4) is 0 Å². The standard InChI is InChI=1S/C21H23FN6O/c22-17-10-16(19(24)29)20(28-21(17)27-15(11-23)8-12-3-4-12)26-14-5-6-18-13(9-14)2-1-7-25-18/h1-2,5-7,9-10,12,15H,3-4,8,11,23H2,(H2,24,29)(H2,26,27,28)/t15-/m1/s1. The molecule has 1 amide bonds. The Balaban J connectivity index is 1.64. The second-order valence-electron chi connectivity index (χ2n) is 7.37. The Morgan fingerprint density at radius 2 is 2.07 bits per heavy atom. The molecule has 0 saturated heterocycles. The van der Waals surface area contributed by atoms with Crippen LogP contribution in [-0.2, 0) is 0 Å². The van der Waals surface area contributed by atoms with Crippen molar-refractivity contribution in [3.63, 3.8) is 0 Å². The molecule has 1 saturated carbocycles. The van der Waals surface area contributed by atoms with Crippen LogP contribution in [0.15, 0.2) is 42.6 Å². The van der Waals surface area contributed by atoms with Gasteiger partial charge in [0, 0.05) is 29.9 Å². The number of halogens is 1. The minimum atomic E-state index is -0.763. The lowest BCUT2D eigenvalue weighted by Gasteiger charge is -2.19. The van der Waals surface area contributed by atoms with E-state index in [2.05, 4.69) is 20.6 Å². The van der Waals surface area contributed by atoms with E-state index in [4.69, 9.17) is 11.5 Å². The van der Waals surface area contributed by atoms with E-state index in [1.165, 1.54) is 12.8 Å². The Labute approximate surface area is 167 Å². The van der Waals surface area contributed by atoms with Crippen LogP contribution < -0.4 is 22.1 Å². The Kier molecular flexibility index (Phi) is 5.26. The molecule has 4 rings (SSSR count). The zero-order valence-corrected chi connectivity index (χ0v) is 15.9. The summed E-state index contributed by atoms with van der Waals surface area (Å²) in [6.07, 6.45) is 4.95. The molecule has 2 aromatic heterocycles. The normalized spacial score (nSPS) is 14.6. The summed E-state index contributed by atoms with van der Waals surface area (Å²) in [5.74, 6) is -0.529. The summed E-state index contributed by atoms with van der Waals surface area (Å²) in [6, 6.07) is 10.3. The summed E-state index contributed by atoms with van der Waals surface area (Å²) >= 11 is 0. The third-order valence-corrected chi connectivity index (χ3v) is 5.05. The fraction of sp³-hybridized carbons (Fsp3) is 0.286. The third kappa shape index (κ3) is 4.43. The van der Waals surface area contributed by atoms with Crippen LogP contribution >= 0.6 is 0 Å². The number of fused-ring (bicyclic) bond motifs is 1. The van der Waals surface area contributed by atoms with Gasteiger partial charge in [0.25, 0.3) is 5.91 Å². The molecule has 8 heteroatoms. The third-order valence-electron chi connectivity index (χ3n) is 5.05. The van der Waals surface area contributed by atoms with Crippen LogP contribution in [0.5, 0.6) is 0 Å². The van der Waals surface area contributed by atoms with Crippen molar-refractivity contribution in [2.45, 2.75) is 25.3 Å². The summed E-state index contributed by atoms with van der Waals surface area (Å²) < 4.78 is 14.6. The molecular weight excluding hydrogens is 371 g/mol. The lowest BCUT2D eigenvalue weighted by atomic mass is 10.1. The van der Waals surface area contributed by atoms with Gasteiger partial charge in [-0.25, -0.2) is 9.37 Å². The number of benzene rings is 1. The van der Waals surface area contributed by atoms with Crippen LogP contribution in [-0.4, -0.2) is 28.5 Å². The highest BCUT2D eigenvalue weighted by molar-refractivity contribution is 5.99. The molecule has 29 heavy (non-hydrogen) atoms. The Hall–Kier alpha value is -3.26. The smallest absolute Gasteiger partial charge is 0.252 e. The van der Waals surface area contributed by atoms with Crippen LogP contribution in [0.4, 0.5) is 21.7 Å². The van der Waals surface area contributed by atoms with E-state index >= 15 is 0 Å². The first kappa shape index (κ1) is 19.1. The summed E-state index contributed by atoms with van der Waals surface area (Å²) in [5, 5.41) is 7.08. The predicted octanol–water partition coefficient (Wildman–Crippen LogP) is 3.15. The summed E-state index contributed by atoms with van der Waals surface area (Å²) in [7, 11) is 0. The van der Waals surface area contributed by atoms with Gasteiger partial charge in [0.2, 0.25) is 0 Å². The number of nitrogens with two attached hydrogens (primary N) is 2. The maximum Gasteiger partial charge on any atom is 0.252 e. The van der Waals surface area contributed by atoms with E-state index in [0.717, 1.165) is 23.4 Å². The predicted molar refractivity (Wildman–Crippen MR) is 112 cm³/mol. The van der Waals surface area contributed by atoms with Crippen molar-refractivity contribution in [2.75, 3.05) is 17.2 Å². The number of hydrogen-bond acceptors (Lipinski definition) is 6. The molecule has 2 heterocycles. The molecule has 7 nitrogen and oxygen atoms in total. The molecule has 1 aliphatic rings. The number of carbonyl (C=O) groups excluding carboxylic acids is 1. The minimum absolute atomic E-state index is 0.0224. The number of aromatic nitrogens is 2. The molecule has 0 spiro atoms. The SMILES string of the molecule is NC[C@@H](CC1CC1)Nc1nc(Nc2ccc3ncccc3c2)c(C(N)=O)cc1F. The zero-order valence-electron chi connectivity index (χ0n) is 15.9. The second kappa shape index (κ2) is 8.00. The van der Waals surface area contributed by atoms with Crippen molar-refractivity contribution < 1.29 is 9.18 Å². The van der Waals surface area contributed by atoms with E-state index in [-0.39, 0.29) is 23.2 Å². The first-order chi connectivity index (χ1) is 14.0. The molecule has 6 N–H and O–H groups in total. The van der Waals surface area contributed by atoms with Crippen LogP contribution in [0.1, 0.15) is 29.6 Å². The highest BCUT2D eigenvalue weighted by Gasteiger charge is 2.26. The number of hydrogen-bond donors (Lipinski definition) is 4. The van der Waals surface area contributed by atoms with Crippen molar-refractivity contribution in [2.24, 2.45) is 17.4 Å². The van der Waals surface area contributed by atoms with Gasteiger partial charge in [0.05, 0.1) is 11.1 Å². The van der Waals surface area contributed by atoms with E-state index < -0.39 is 11.7 Å². The number of nitrogens with one attached hydrogen (secondary N) is 2. The van der Waals surface area contributed by atoms with Gasteiger partial charge in [0.1, 0.15) is 5.82 Å². The van der Waals surface area contributed by atoms with Gasteiger partial charge in [-0.2, -0.15) is 0 Å². The second-order valence-corrected chi connectivity index (χ2v) is 7.37. The summed E-state index contributed by atoms with van der Waals surface area (Å²) in [4.78, 5) is 20.4. The Morgan fingerprint density at radius 1 is 1.24 bits per heavy atom. The average Bonchev–Trinajstić information content (AvgIpc) is 3.53. The molecule has 1 fully saturated rings. The van der Waals surface area contributed by atoms with Crippen LogP contribution in [0.25, 0.3) is 10.9 Å². The molecule has 150 valence electrons. The highest BCUT2D eigenvalue weighted by Crippen LogP contribution is 2.34. The largest absolute Gasteiger partial charge is 0.365 e. The van der Waals surface area contributed by atoms with Crippen LogP contribution in [0.3, 0.4) is 0 Å². The van der Waals surface area contributed by atoms with Gasteiger partial charge in [-0.1, -0.05) is 18.9 Å². The maximum atomic E-state index is 14.6. The Bertz CT molecular complexity index is 1050. The van der Waals surface area contributed by atoms with E-state index in [0.29, 0.717) is 18.2 Å². The first-order valence-electron chi connectivity index (χ1n) is 9.62. The number of amides is 1. The van der Waals surface area contributed by atoms with Gasteiger partial charge in [-0.3, -0.25) is 9.78 Å². The molecule has 1 aliphatic carbocycles. The maximum absolute atomic E-state index is 14.6. The number of carbonyl (C=O) groups is 1. The molecule has 1 aromatic carbocycles. The van der Waals surface area contributed by atoms with Crippen molar-refractivity contribution in [1.29, 1.82) is 0 Å². The number of rotatable bonds is 8. The van der Waals surface area contributed by atoms with Gasteiger partial charge < -0.3 is 22.1 Å². The molecule has 0 aliphatic heterocycles. The van der Waals surface area contributed by atoms with Gasteiger partial charge in [-0.05, 0) is 42.7 Å². The van der Waals surface area contributed by atoms with Gasteiger partial charge in [-0.15, -0.1) is 0 Å². The summed E-state index contributed by atoms with van der Waals surface area (Å²) in [5.41, 5.74) is 12.8. The first-order valence-corrected chi connectivity index (χ1v) is 9.62. The van der Waals surface area contributed by atoms with Crippen molar-refractivity contribution in [1.82, 2.24) is 9.97 Å². The number of primary amides is 1. The Morgan fingerprint density at radius 3 is 2.79 bits per heavy atom. The monoisotopic (exact) mass is 394 g/mol. The molecule has 0 radical (unpaired) electrons. The fourth-order valence-electron chi connectivity index (χ4n) is 3.33. The minimum Gasteiger partial charge on any atom is -0.365 e. The van der Waals surface area contributed by atoms with E-state index in [9.17, 15) is 9.18 Å². The van der Waals surface area contributed by atoms with Crippen LogP contribution in [0.2, 0.25) is 0 Å². The summed E-state index contributed by atoms with van der Waals surface area (Å²) in [6.45, 7) is 0.371. The highest BCUT2D eigenvalue weighted by atomic mass is 19.1. The van der Waals surface area contributed by atoms with Crippen molar-refractivity contribution >= 4 is 34.1 Å². The lowest BCUT2D eigenvalue weighted by Crippen LogP contribution is -2.30. The zero-order chi connectivity index (χ0) is 20.4. The van der Waals surface area contributed by atoms with Crippen molar-refractivity contribution in [3.05, 3.63) is 54.0 Å². The molecule has 0 unspecified atom stereocenters. The van der Waals surface area contributed by atoms with E-state index in [1.807, 2.05) is 30.3 Å². The molecular formula is C21H23FN6O. The van der Waals surface area contributed by atoms with Crippen LogP contribution in [0, 0.1) is 11.7 Å². The van der Waals surface area contributed by atoms with Gasteiger partial charge >= 0.3 is 0 Å². The van der Waals surface area contributed by atoms with Gasteiger partial charge in [0.15, 0.2) is 11.6 Å². The lowest BCUT2D eigenvalue weighted by molar-refractivity contribution is 0.100. The quantitative estimate of drug-likeness (QED) is 0.466. The average molecular weight is 394 g/mol. The molecule has 3 aromatic rings. The number of nitrogens with zero attached hydrogens (tertiary/aromatic N) is 2.